The molecule has 0 spiro atoms. The third-order valence-corrected chi connectivity index (χ3v) is 3.93. The van der Waals surface area contributed by atoms with Crippen LogP contribution in [-0.4, -0.2) is 37.3 Å². The van der Waals surface area contributed by atoms with Crippen LogP contribution in [0.25, 0.3) is 11.0 Å². The minimum atomic E-state index is -0.329. The molecule has 0 radical (unpaired) electrons. The van der Waals surface area contributed by atoms with Crippen LogP contribution in [-0.2, 0) is 11.3 Å². The van der Waals surface area contributed by atoms with Gasteiger partial charge in [0.15, 0.2) is 0 Å². The highest BCUT2D eigenvalue weighted by Crippen LogP contribution is 2.24. The number of rotatable bonds is 3. The van der Waals surface area contributed by atoms with Gasteiger partial charge in [-0.25, -0.2) is 4.79 Å². The zero-order valence-corrected chi connectivity index (χ0v) is 13.2. The maximum Gasteiger partial charge on any atom is 0.336 e. The zero-order valence-electron chi connectivity index (χ0n) is 13.2. The van der Waals surface area contributed by atoms with Crippen LogP contribution in [0.15, 0.2) is 33.5 Å². The van der Waals surface area contributed by atoms with E-state index in [9.17, 15) is 4.79 Å². The molecule has 0 N–H and O–H groups in total. The van der Waals surface area contributed by atoms with Crippen LogP contribution < -0.4 is 10.4 Å². The van der Waals surface area contributed by atoms with Gasteiger partial charge < -0.3 is 13.9 Å². The molecular weight excluding hydrogens is 282 g/mol. The predicted octanol–water partition coefficient (Wildman–Crippen LogP) is 2.41. The number of morpholine rings is 1. The van der Waals surface area contributed by atoms with E-state index >= 15 is 0 Å². The molecule has 0 amide bonds. The maximum absolute atomic E-state index is 11.8. The summed E-state index contributed by atoms with van der Waals surface area (Å²) in [4.78, 5) is 14.1. The van der Waals surface area contributed by atoms with Gasteiger partial charge in [0.25, 0.3) is 0 Å². The lowest BCUT2D eigenvalue weighted by Gasteiger charge is -2.35. The number of nitrogens with zero attached hydrogens (tertiary/aromatic N) is 1. The van der Waals surface area contributed by atoms with E-state index in [0.717, 1.165) is 24.0 Å². The van der Waals surface area contributed by atoms with Crippen LogP contribution in [0.4, 0.5) is 0 Å². The topological polar surface area (TPSA) is 51.9 Å². The average Bonchev–Trinajstić information content (AvgIpc) is 2.45. The Morgan fingerprint density at radius 1 is 1.23 bits per heavy atom. The van der Waals surface area contributed by atoms with Crippen molar-refractivity contribution < 1.29 is 13.9 Å². The first-order chi connectivity index (χ1) is 10.5. The molecule has 2 atom stereocenters. The first-order valence-electron chi connectivity index (χ1n) is 7.53. The van der Waals surface area contributed by atoms with Crippen LogP contribution in [0, 0.1) is 0 Å². The standard InChI is InChI=1S/C17H21NO4/c1-11-8-18(9-12(2)21-11)10-13-6-17(19)22-16-7-14(20-3)4-5-15(13)16/h4-7,11-12H,8-10H2,1-3H3/t11-,12-/m1/s1. The molecule has 0 aliphatic carbocycles. The largest absolute Gasteiger partial charge is 0.497 e. The molecule has 2 aromatic rings. The molecule has 1 aliphatic rings. The molecule has 1 saturated heterocycles. The highest BCUT2D eigenvalue weighted by molar-refractivity contribution is 5.81. The van der Waals surface area contributed by atoms with Crippen molar-refractivity contribution in [2.45, 2.75) is 32.6 Å². The highest BCUT2D eigenvalue weighted by Gasteiger charge is 2.23. The van der Waals surface area contributed by atoms with Gasteiger partial charge in [-0.2, -0.15) is 0 Å². The van der Waals surface area contributed by atoms with E-state index in [1.54, 1.807) is 19.2 Å². The molecule has 1 fully saturated rings. The van der Waals surface area contributed by atoms with E-state index in [-0.39, 0.29) is 17.8 Å². The van der Waals surface area contributed by atoms with Gasteiger partial charge in [-0.05, 0) is 31.5 Å². The SMILES string of the molecule is COc1ccc2c(CN3C[C@@H](C)O[C@H](C)C3)cc(=O)oc2c1. The summed E-state index contributed by atoms with van der Waals surface area (Å²) < 4.78 is 16.2. The second kappa shape index (κ2) is 6.10. The van der Waals surface area contributed by atoms with Crippen molar-refractivity contribution in [2.24, 2.45) is 0 Å². The highest BCUT2D eigenvalue weighted by atomic mass is 16.5. The van der Waals surface area contributed by atoms with Crippen molar-refractivity contribution in [3.63, 3.8) is 0 Å². The third kappa shape index (κ3) is 3.15. The number of hydrogen-bond acceptors (Lipinski definition) is 5. The Bertz CT molecular complexity index is 714. The fourth-order valence-corrected chi connectivity index (χ4v) is 3.12. The first kappa shape index (κ1) is 15.1. The lowest BCUT2D eigenvalue weighted by Crippen LogP contribution is -2.44. The van der Waals surface area contributed by atoms with Crippen LogP contribution in [0.2, 0.25) is 0 Å². The van der Waals surface area contributed by atoms with E-state index in [1.165, 1.54) is 0 Å². The zero-order chi connectivity index (χ0) is 15.7. The van der Waals surface area contributed by atoms with Crippen molar-refractivity contribution in [1.82, 2.24) is 4.90 Å². The smallest absolute Gasteiger partial charge is 0.336 e. The summed E-state index contributed by atoms with van der Waals surface area (Å²) in [6.07, 6.45) is 0.408. The van der Waals surface area contributed by atoms with Gasteiger partial charge in [0, 0.05) is 37.2 Å². The van der Waals surface area contributed by atoms with E-state index in [1.807, 2.05) is 12.1 Å². The summed E-state index contributed by atoms with van der Waals surface area (Å²) in [5.41, 5.74) is 1.22. The van der Waals surface area contributed by atoms with Gasteiger partial charge in [0.2, 0.25) is 0 Å². The van der Waals surface area contributed by atoms with E-state index in [2.05, 4.69) is 18.7 Å². The lowest BCUT2D eigenvalue weighted by molar-refractivity contribution is -0.0704. The summed E-state index contributed by atoms with van der Waals surface area (Å²) in [5, 5.41) is 0.951. The number of fused-ring (bicyclic) bond motifs is 1. The van der Waals surface area contributed by atoms with E-state index in [4.69, 9.17) is 13.9 Å². The van der Waals surface area contributed by atoms with Gasteiger partial charge in [-0.3, -0.25) is 4.90 Å². The number of hydrogen-bond donors (Lipinski definition) is 0. The van der Waals surface area contributed by atoms with Crippen LogP contribution in [0.3, 0.4) is 0 Å². The fourth-order valence-electron chi connectivity index (χ4n) is 3.12. The van der Waals surface area contributed by atoms with Crippen molar-refractivity contribution in [1.29, 1.82) is 0 Å². The molecule has 1 aliphatic heterocycles. The molecular formula is C17H21NO4. The second-order valence-electron chi connectivity index (χ2n) is 5.90. The summed E-state index contributed by atoms with van der Waals surface area (Å²) in [6, 6.07) is 7.17. The van der Waals surface area contributed by atoms with E-state index in [0.29, 0.717) is 17.9 Å². The molecule has 0 saturated carbocycles. The van der Waals surface area contributed by atoms with Gasteiger partial charge >= 0.3 is 5.63 Å². The Labute approximate surface area is 129 Å². The van der Waals surface area contributed by atoms with Crippen LogP contribution in [0.1, 0.15) is 19.4 Å². The van der Waals surface area contributed by atoms with Gasteiger partial charge in [-0.15, -0.1) is 0 Å². The Morgan fingerprint density at radius 3 is 2.64 bits per heavy atom. The Balaban J connectivity index is 1.94. The molecule has 2 heterocycles. The monoisotopic (exact) mass is 303 g/mol. The number of methoxy groups -OCH3 is 1. The summed E-state index contributed by atoms with van der Waals surface area (Å²) >= 11 is 0. The fraction of sp³-hybridized carbons (Fsp3) is 0.471. The quantitative estimate of drug-likeness (QED) is 0.815. The second-order valence-corrected chi connectivity index (χ2v) is 5.90. The molecule has 22 heavy (non-hydrogen) atoms. The van der Waals surface area contributed by atoms with Gasteiger partial charge in [-0.1, -0.05) is 0 Å². The van der Waals surface area contributed by atoms with Gasteiger partial charge in [0.05, 0.1) is 19.3 Å². The maximum atomic E-state index is 11.8. The Hall–Kier alpha value is -1.85. The van der Waals surface area contributed by atoms with Crippen LogP contribution in [0.5, 0.6) is 5.75 Å². The Morgan fingerprint density at radius 2 is 1.95 bits per heavy atom. The number of benzene rings is 1. The Kier molecular flexibility index (Phi) is 4.18. The number of ether oxygens (including phenoxy) is 2. The van der Waals surface area contributed by atoms with Crippen molar-refractivity contribution in [2.75, 3.05) is 20.2 Å². The third-order valence-electron chi connectivity index (χ3n) is 3.93. The molecule has 0 bridgehead atoms. The first-order valence-corrected chi connectivity index (χ1v) is 7.53. The predicted molar refractivity (Wildman–Crippen MR) is 84.3 cm³/mol. The molecule has 118 valence electrons. The normalized spacial score (nSPS) is 22.9. The molecule has 1 aromatic carbocycles. The summed E-state index contributed by atoms with van der Waals surface area (Å²) in [6.45, 7) is 6.59. The summed E-state index contributed by atoms with van der Waals surface area (Å²) in [7, 11) is 1.60. The van der Waals surface area contributed by atoms with Crippen molar-refractivity contribution in [3.05, 3.63) is 40.2 Å². The van der Waals surface area contributed by atoms with Crippen molar-refractivity contribution in [3.8, 4) is 5.75 Å². The molecule has 5 heteroatoms. The average molecular weight is 303 g/mol. The van der Waals surface area contributed by atoms with Crippen molar-refractivity contribution >= 4 is 11.0 Å². The van der Waals surface area contributed by atoms with Gasteiger partial charge in [0.1, 0.15) is 11.3 Å². The molecule has 0 unspecified atom stereocenters. The molecule has 3 rings (SSSR count). The van der Waals surface area contributed by atoms with Crippen LogP contribution >= 0.6 is 0 Å². The minimum absolute atomic E-state index is 0.204. The van der Waals surface area contributed by atoms with E-state index < -0.39 is 0 Å². The lowest BCUT2D eigenvalue weighted by atomic mass is 10.1. The molecule has 1 aromatic heterocycles. The minimum Gasteiger partial charge on any atom is -0.497 e. The molecule has 5 nitrogen and oxygen atoms in total. The summed E-state index contributed by atoms with van der Waals surface area (Å²) in [5.74, 6) is 0.682.